The van der Waals surface area contributed by atoms with Crippen molar-refractivity contribution < 1.29 is 8.78 Å². The van der Waals surface area contributed by atoms with Crippen LogP contribution in [0.5, 0.6) is 0 Å². The van der Waals surface area contributed by atoms with Gasteiger partial charge in [-0.15, -0.1) is 0 Å². The number of nitrogens with two attached hydrogens (primary N) is 1. The van der Waals surface area contributed by atoms with Crippen molar-refractivity contribution in [3.63, 3.8) is 0 Å². The van der Waals surface area contributed by atoms with Crippen LogP contribution in [0.1, 0.15) is 17.2 Å². The van der Waals surface area contributed by atoms with Crippen LogP contribution in [0.2, 0.25) is 0 Å². The average molecular weight is 406 g/mol. The first-order chi connectivity index (χ1) is 9.49. The molecule has 1 unspecified atom stereocenters. The van der Waals surface area contributed by atoms with E-state index in [9.17, 15) is 8.78 Å². The van der Waals surface area contributed by atoms with E-state index in [1.807, 2.05) is 6.07 Å². The maximum Gasteiger partial charge on any atom is 0.137 e. The van der Waals surface area contributed by atoms with Crippen LogP contribution in [0.15, 0.2) is 45.3 Å². The quantitative estimate of drug-likeness (QED) is 0.589. The van der Waals surface area contributed by atoms with Gasteiger partial charge in [0.15, 0.2) is 0 Å². The standard InChI is InChI=1S/C14H12Br2F2N2/c15-10-3-8(4-11(17)7-10)5-14(20-19)9-1-2-12(16)13(18)6-9/h1-4,6-7,14,20H,5,19H2. The Morgan fingerprint density at radius 3 is 2.45 bits per heavy atom. The van der Waals surface area contributed by atoms with Gasteiger partial charge in [0.05, 0.1) is 10.5 Å². The summed E-state index contributed by atoms with van der Waals surface area (Å²) < 4.78 is 28.0. The first kappa shape index (κ1) is 15.6. The summed E-state index contributed by atoms with van der Waals surface area (Å²) >= 11 is 6.35. The molecule has 0 aliphatic carbocycles. The summed E-state index contributed by atoms with van der Waals surface area (Å²) in [7, 11) is 0. The molecule has 0 saturated carbocycles. The summed E-state index contributed by atoms with van der Waals surface area (Å²) in [6, 6.07) is 9.12. The number of nitrogens with one attached hydrogen (secondary N) is 1. The maximum absolute atomic E-state index is 13.6. The third-order valence-corrected chi connectivity index (χ3v) is 4.01. The van der Waals surface area contributed by atoms with E-state index in [-0.39, 0.29) is 17.7 Å². The Hall–Kier alpha value is -0.820. The van der Waals surface area contributed by atoms with Crippen molar-refractivity contribution in [3.8, 4) is 0 Å². The molecule has 2 aromatic rings. The van der Waals surface area contributed by atoms with Crippen LogP contribution in [0.25, 0.3) is 0 Å². The third kappa shape index (κ3) is 3.85. The van der Waals surface area contributed by atoms with Crippen LogP contribution in [-0.4, -0.2) is 0 Å². The van der Waals surface area contributed by atoms with Gasteiger partial charge in [-0.2, -0.15) is 0 Å². The first-order valence-electron chi connectivity index (χ1n) is 5.85. The molecule has 20 heavy (non-hydrogen) atoms. The SMILES string of the molecule is NNC(Cc1cc(F)cc(Br)c1)c1ccc(Br)c(F)c1. The lowest BCUT2D eigenvalue weighted by Gasteiger charge is -2.17. The fourth-order valence-corrected chi connectivity index (χ4v) is 2.73. The Labute approximate surface area is 132 Å². The van der Waals surface area contributed by atoms with Crippen molar-refractivity contribution in [1.82, 2.24) is 5.43 Å². The van der Waals surface area contributed by atoms with E-state index < -0.39 is 0 Å². The summed E-state index contributed by atoms with van der Waals surface area (Å²) in [5, 5.41) is 0. The highest BCUT2D eigenvalue weighted by Gasteiger charge is 2.13. The van der Waals surface area contributed by atoms with E-state index in [0.29, 0.717) is 20.9 Å². The molecule has 0 heterocycles. The zero-order valence-corrected chi connectivity index (χ0v) is 13.5. The van der Waals surface area contributed by atoms with Crippen molar-refractivity contribution in [2.45, 2.75) is 12.5 Å². The molecule has 6 heteroatoms. The van der Waals surface area contributed by atoms with Crippen molar-refractivity contribution in [1.29, 1.82) is 0 Å². The molecule has 0 bridgehead atoms. The maximum atomic E-state index is 13.6. The molecular weight excluding hydrogens is 394 g/mol. The van der Waals surface area contributed by atoms with Crippen molar-refractivity contribution in [2.75, 3.05) is 0 Å². The highest BCUT2D eigenvalue weighted by atomic mass is 79.9. The molecule has 1 atom stereocenters. The van der Waals surface area contributed by atoms with Gasteiger partial charge in [0.1, 0.15) is 11.6 Å². The molecule has 0 aliphatic rings. The van der Waals surface area contributed by atoms with Crippen LogP contribution in [0.4, 0.5) is 8.78 Å². The second-order valence-electron chi connectivity index (χ2n) is 4.37. The zero-order chi connectivity index (χ0) is 14.7. The fourth-order valence-electron chi connectivity index (χ4n) is 1.97. The molecule has 2 aromatic carbocycles. The van der Waals surface area contributed by atoms with Crippen LogP contribution in [0.3, 0.4) is 0 Å². The number of hydrogen-bond acceptors (Lipinski definition) is 2. The lowest BCUT2D eigenvalue weighted by atomic mass is 9.99. The van der Waals surface area contributed by atoms with Gasteiger partial charge in [0, 0.05) is 4.47 Å². The summed E-state index contributed by atoms with van der Waals surface area (Å²) in [5.41, 5.74) is 4.10. The first-order valence-corrected chi connectivity index (χ1v) is 7.44. The minimum absolute atomic E-state index is 0.300. The molecule has 0 fully saturated rings. The van der Waals surface area contributed by atoms with Gasteiger partial charge in [0.2, 0.25) is 0 Å². The van der Waals surface area contributed by atoms with Gasteiger partial charge in [-0.05, 0) is 63.8 Å². The summed E-state index contributed by atoms with van der Waals surface area (Å²) in [4.78, 5) is 0. The second-order valence-corrected chi connectivity index (χ2v) is 6.14. The van der Waals surface area contributed by atoms with E-state index in [1.165, 1.54) is 18.2 Å². The molecule has 2 nitrogen and oxygen atoms in total. The Bertz CT molecular complexity index is 600. The van der Waals surface area contributed by atoms with E-state index >= 15 is 0 Å². The lowest BCUT2D eigenvalue weighted by molar-refractivity contribution is 0.540. The molecular formula is C14H12Br2F2N2. The highest BCUT2D eigenvalue weighted by Crippen LogP contribution is 2.24. The number of rotatable bonds is 4. The fraction of sp³-hybridized carbons (Fsp3) is 0.143. The molecule has 0 aliphatic heterocycles. The number of halogens is 4. The summed E-state index contributed by atoms with van der Waals surface area (Å²) in [5.74, 6) is 4.84. The predicted molar refractivity (Wildman–Crippen MR) is 82.0 cm³/mol. The van der Waals surface area contributed by atoms with Crippen LogP contribution < -0.4 is 11.3 Å². The van der Waals surface area contributed by atoms with Crippen molar-refractivity contribution >= 4 is 31.9 Å². The monoisotopic (exact) mass is 404 g/mol. The smallest absolute Gasteiger partial charge is 0.137 e. The van der Waals surface area contributed by atoms with E-state index in [4.69, 9.17) is 5.84 Å². The van der Waals surface area contributed by atoms with Gasteiger partial charge in [0.25, 0.3) is 0 Å². The average Bonchev–Trinajstić information content (AvgIpc) is 2.38. The van der Waals surface area contributed by atoms with Gasteiger partial charge in [-0.25, -0.2) is 8.78 Å². The molecule has 106 valence electrons. The van der Waals surface area contributed by atoms with Gasteiger partial charge < -0.3 is 0 Å². The number of hydrogen-bond donors (Lipinski definition) is 2. The Balaban J connectivity index is 2.26. The van der Waals surface area contributed by atoms with E-state index in [1.54, 1.807) is 12.1 Å². The normalized spacial score (nSPS) is 12.4. The third-order valence-electron chi connectivity index (χ3n) is 2.91. The molecule has 0 spiro atoms. The molecule has 0 amide bonds. The molecule has 0 saturated heterocycles. The minimum atomic E-state index is -0.358. The van der Waals surface area contributed by atoms with Crippen molar-refractivity contribution in [2.24, 2.45) is 5.84 Å². The summed E-state index contributed by atoms with van der Waals surface area (Å²) in [6.45, 7) is 0. The molecule has 0 radical (unpaired) electrons. The highest BCUT2D eigenvalue weighted by molar-refractivity contribution is 9.10. The van der Waals surface area contributed by atoms with Gasteiger partial charge in [-0.1, -0.05) is 22.0 Å². The van der Waals surface area contributed by atoms with Crippen LogP contribution in [0, 0.1) is 11.6 Å². The van der Waals surface area contributed by atoms with E-state index in [0.717, 1.165) is 5.56 Å². The zero-order valence-electron chi connectivity index (χ0n) is 10.3. The second kappa shape index (κ2) is 6.76. The van der Waals surface area contributed by atoms with E-state index in [2.05, 4.69) is 37.3 Å². The summed E-state index contributed by atoms with van der Waals surface area (Å²) in [6.07, 6.45) is 0.452. The number of hydrazine groups is 1. The largest absolute Gasteiger partial charge is 0.271 e. The minimum Gasteiger partial charge on any atom is -0.271 e. The Morgan fingerprint density at radius 2 is 1.85 bits per heavy atom. The lowest BCUT2D eigenvalue weighted by Crippen LogP contribution is -2.29. The van der Waals surface area contributed by atoms with Gasteiger partial charge in [-0.3, -0.25) is 11.3 Å². The van der Waals surface area contributed by atoms with Crippen molar-refractivity contribution in [3.05, 3.63) is 68.1 Å². The molecule has 2 rings (SSSR count). The molecule has 3 N–H and O–H groups in total. The molecule has 0 aromatic heterocycles. The Morgan fingerprint density at radius 1 is 1.10 bits per heavy atom. The topological polar surface area (TPSA) is 38.0 Å². The predicted octanol–water partition coefficient (Wildman–Crippen LogP) is 4.24. The van der Waals surface area contributed by atoms with Gasteiger partial charge >= 0.3 is 0 Å². The number of benzene rings is 2. The Kier molecular flexibility index (Phi) is 5.26. The van der Waals surface area contributed by atoms with Crippen LogP contribution in [-0.2, 0) is 6.42 Å². The van der Waals surface area contributed by atoms with Crippen LogP contribution >= 0.6 is 31.9 Å².